The van der Waals surface area contributed by atoms with Crippen LogP contribution in [0.4, 0.5) is 13.2 Å². The first kappa shape index (κ1) is 22.0. The van der Waals surface area contributed by atoms with E-state index < -0.39 is 12.1 Å². The molecule has 162 valence electrons. The van der Waals surface area contributed by atoms with Gasteiger partial charge in [-0.15, -0.1) is 0 Å². The summed E-state index contributed by atoms with van der Waals surface area (Å²) < 4.78 is 37.0. The lowest BCUT2D eigenvalue weighted by atomic mass is 9.88. The molecule has 3 N–H and O–H groups in total. The van der Waals surface area contributed by atoms with Crippen molar-refractivity contribution in [2.45, 2.75) is 44.1 Å². The van der Waals surface area contributed by atoms with Gasteiger partial charge in [0.1, 0.15) is 0 Å². The second-order valence-corrected chi connectivity index (χ2v) is 7.37. The molecule has 2 aromatic rings. The number of carbonyl (C=O) groups is 2. The van der Waals surface area contributed by atoms with Crippen molar-refractivity contribution in [3.63, 3.8) is 0 Å². The number of benzene rings is 1. The molecule has 4 rings (SSSR count). The number of carbonyl (C=O) groups excluding carboxylic acids is 1. The SMILES string of the molecule is O=C(NCc1noc(-c2ccc(Cl)cc2)n1)[C@@H]1C[C@@H]2CC[C@H]1N2.O=C(O)C(F)(F)F. The van der Waals surface area contributed by atoms with E-state index in [0.29, 0.717) is 28.8 Å². The van der Waals surface area contributed by atoms with E-state index in [-0.39, 0.29) is 18.4 Å². The van der Waals surface area contributed by atoms with E-state index in [1.165, 1.54) is 6.42 Å². The molecular weight excluding hydrogens is 429 g/mol. The molecule has 2 saturated heterocycles. The Kier molecular flexibility index (Phi) is 6.61. The molecule has 0 unspecified atom stereocenters. The van der Waals surface area contributed by atoms with Crippen LogP contribution in [-0.4, -0.2) is 45.4 Å². The smallest absolute Gasteiger partial charge is 0.475 e. The summed E-state index contributed by atoms with van der Waals surface area (Å²) in [6.45, 7) is 0.282. The molecule has 1 amide bonds. The first-order valence-electron chi connectivity index (χ1n) is 9.06. The van der Waals surface area contributed by atoms with Gasteiger partial charge < -0.3 is 20.3 Å². The van der Waals surface area contributed by atoms with Crippen LogP contribution >= 0.6 is 11.6 Å². The third-order valence-electron chi connectivity index (χ3n) is 4.86. The Morgan fingerprint density at radius 3 is 2.47 bits per heavy atom. The average Bonchev–Trinajstić information content (AvgIpc) is 3.43. The van der Waals surface area contributed by atoms with E-state index in [1.807, 2.05) is 12.1 Å². The Balaban J connectivity index is 0.000000318. The number of nitrogens with one attached hydrogen (secondary N) is 2. The molecule has 1 aromatic carbocycles. The van der Waals surface area contributed by atoms with E-state index in [9.17, 15) is 18.0 Å². The van der Waals surface area contributed by atoms with Crippen LogP contribution in [0.25, 0.3) is 11.5 Å². The second kappa shape index (κ2) is 9.00. The summed E-state index contributed by atoms with van der Waals surface area (Å²) in [5, 5.41) is 18.1. The Labute approximate surface area is 173 Å². The number of hydrogen-bond donors (Lipinski definition) is 3. The first-order valence-corrected chi connectivity index (χ1v) is 9.43. The number of alkyl halides is 3. The number of carboxylic acids is 1. The molecular formula is C18H18ClF3N4O4. The number of hydrogen-bond acceptors (Lipinski definition) is 6. The minimum Gasteiger partial charge on any atom is -0.475 e. The quantitative estimate of drug-likeness (QED) is 0.661. The van der Waals surface area contributed by atoms with Crippen molar-refractivity contribution in [1.82, 2.24) is 20.8 Å². The van der Waals surface area contributed by atoms with Gasteiger partial charge in [-0.25, -0.2) is 4.79 Å². The van der Waals surface area contributed by atoms with Crippen molar-refractivity contribution >= 4 is 23.5 Å². The van der Waals surface area contributed by atoms with E-state index >= 15 is 0 Å². The Morgan fingerprint density at radius 1 is 1.27 bits per heavy atom. The predicted molar refractivity (Wildman–Crippen MR) is 98.3 cm³/mol. The summed E-state index contributed by atoms with van der Waals surface area (Å²) in [6.07, 6.45) is -1.88. The molecule has 12 heteroatoms. The molecule has 2 bridgehead atoms. The van der Waals surface area contributed by atoms with E-state index in [4.69, 9.17) is 26.0 Å². The molecule has 0 aliphatic carbocycles. The lowest BCUT2D eigenvalue weighted by Crippen LogP contribution is -2.37. The number of rotatable bonds is 4. The van der Waals surface area contributed by atoms with Gasteiger partial charge in [-0.05, 0) is 43.5 Å². The molecule has 2 aliphatic heterocycles. The Morgan fingerprint density at radius 2 is 1.93 bits per heavy atom. The highest BCUT2D eigenvalue weighted by Gasteiger charge is 2.42. The molecule has 3 heterocycles. The van der Waals surface area contributed by atoms with Crippen molar-refractivity contribution < 1.29 is 32.4 Å². The van der Waals surface area contributed by atoms with Gasteiger partial charge in [-0.2, -0.15) is 18.2 Å². The highest BCUT2D eigenvalue weighted by Crippen LogP contribution is 2.33. The molecule has 2 fully saturated rings. The van der Waals surface area contributed by atoms with Gasteiger partial charge >= 0.3 is 12.1 Å². The number of aliphatic carboxylic acids is 1. The number of amides is 1. The standard InChI is InChI=1S/C16H17ClN4O2.C2HF3O2/c17-10-3-1-9(2-4-10)16-20-14(21-23-16)8-18-15(22)12-7-11-5-6-13(12)19-11;3-2(4,5)1(6)7/h1-4,11-13,19H,5-8H2,(H,18,22);(H,6,7)/t11-,12+,13+;/m0./s1. The number of nitrogens with zero attached hydrogens (tertiary/aromatic N) is 2. The van der Waals surface area contributed by atoms with Crippen molar-refractivity contribution in [1.29, 1.82) is 0 Å². The van der Waals surface area contributed by atoms with Gasteiger partial charge in [0.15, 0.2) is 5.82 Å². The molecule has 0 spiro atoms. The summed E-state index contributed by atoms with van der Waals surface area (Å²) in [4.78, 5) is 25.5. The fourth-order valence-corrected chi connectivity index (χ4v) is 3.57. The van der Waals surface area contributed by atoms with Gasteiger partial charge in [0, 0.05) is 22.7 Å². The van der Waals surface area contributed by atoms with Crippen molar-refractivity contribution in [2.24, 2.45) is 5.92 Å². The van der Waals surface area contributed by atoms with Gasteiger partial charge in [-0.1, -0.05) is 16.8 Å². The topological polar surface area (TPSA) is 117 Å². The summed E-state index contributed by atoms with van der Waals surface area (Å²) in [5.41, 5.74) is 0.803. The van der Waals surface area contributed by atoms with Crippen LogP contribution < -0.4 is 10.6 Å². The number of carboxylic acid groups (broad SMARTS) is 1. The molecule has 0 saturated carbocycles. The van der Waals surface area contributed by atoms with E-state index in [2.05, 4.69) is 20.8 Å². The fourth-order valence-electron chi connectivity index (χ4n) is 3.45. The highest BCUT2D eigenvalue weighted by molar-refractivity contribution is 6.30. The highest BCUT2D eigenvalue weighted by atomic mass is 35.5. The monoisotopic (exact) mass is 446 g/mol. The van der Waals surface area contributed by atoms with Gasteiger partial charge in [0.2, 0.25) is 5.91 Å². The molecule has 8 nitrogen and oxygen atoms in total. The second-order valence-electron chi connectivity index (χ2n) is 6.93. The zero-order chi connectivity index (χ0) is 21.9. The summed E-state index contributed by atoms with van der Waals surface area (Å²) in [7, 11) is 0. The van der Waals surface area contributed by atoms with Crippen LogP contribution in [0.2, 0.25) is 5.02 Å². The zero-order valence-electron chi connectivity index (χ0n) is 15.4. The van der Waals surface area contributed by atoms with Crippen molar-refractivity contribution in [3.8, 4) is 11.5 Å². The third-order valence-corrected chi connectivity index (χ3v) is 5.11. The predicted octanol–water partition coefficient (Wildman–Crippen LogP) is 2.78. The third kappa shape index (κ3) is 5.48. The summed E-state index contributed by atoms with van der Waals surface area (Å²) in [6, 6.07) is 8.01. The molecule has 2 aliphatic rings. The van der Waals surface area contributed by atoms with E-state index in [0.717, 1.165) is 18.4 Å². The zero-order valence-corrected chi connectivity index (χ0v) is 16.2. The van der Waals surface area contributed by atoms with Gasteiger partial charge in [-0.3, -0.25) is 4.79 Å². The molecule has 1 aromatic heterocycles. The van der Waals surface area contributed by atoms with Gasteiger partial charge in [0.25, 0.3) is 5.89 Å². The Bertz CT molecular complexity index is 904. The van der Waals surface area contributed by atoms with Crippen molar-refractivity contribution in [2.75, 3.05) is 0 Å². The molecule has 0 radical (unpaired) electrons. The minimum atomic E-state index is -5.08. The lowest BCUT2D eigenvalue weighted by molar-refractivity contribution is -0.192. The number of fused-ring (bicyclic) bond motifs is 2. The maximum absolute atomic E-state index is 12.3. The lowest BCUT2D eigenvalue weighted by Gasteiger charge is -2.18. The summed E-state index contributed by atoms with van der Waals surface area (Å²) >= 11 is 5.86. The largest absolute Gasteiger partial charge is 0.490 e. The van der Waals surface area contributed by atoms with Crippen LogP contribution in [0, 0.1) is 5.92 Å². The maximum Gasteiger partial charge on any atom is 0.490 e. The molecule has 30 heavy (non-hydrogen) atoms. The van der Waals surface area contributed by atoms with Crippen LogP contribution in [0.15, 0.2) is 28.8 Å². The number of halogens is 4. The summed E-state index contributed by atoms with van der Waals surface area (Å²) in [5.74, 6) is -1.72. The Hall–Kier alpha value is -2.66. The van der Waals surface area contributed by atoms with Crippen LogP contribution in [-0.2, 0) is 16.1 Å². The van der Waals surface area contributed by atoms with Gasteiger partial charge in [0.05, 0.1) is 12.5 Å². The van der Waals surface area contributed by atoms with Crippen molar-refractivity contribution in [3.05, 3.63) is 35.1 Å². The average molecular weight is 447 g/mol. The van der Waals surface area contributed by atoms with E-state index in [1.54, 1.807) is 12.1 Å². The van der Waals surface area contributed by atoms with Crippen LogP contribution in [0.5, 0.6) is 0 Å². The number of aromatic nitrogens is 2. The normalized spacial score (nSPS) is 22.3. The fraction of sp³-hybridized carbons (Fsp3) is 0.444. The molecule has 3 atom stereocenters. The van der Waals surface area contributed by atoms with Crippen LogP contribution in [0.1, 0.15) is 25.1 Å². The first-order chi connectivity index (χ1) is 14.1. The minimum absolute atomic E-state index is 0.0661. The van der Waals surface area contributed by atoms with Crippen LogP contribution in [0.3, 0.4) is 0 Å². The maximum atomic E-state index is 12.3.